The third kappa shape index (κ3) is 5.22. The molecule has 1 amide bonds. The van der Waals surface area contributed by atoms with Crippen LogP contribution in [0.3, 0.4) is 0 Å². The van der Waals surface area contributed by atoms with Crippen molar-refractivity contribution in [2.24, 2.45) is 5.92 Å². The van der Waals surface area contributed by atoms with Gasteiger partial charge in [-0.2, -0.15) is 4.31 Å². The smallest absolute Gasteiger partial charge is 0.257 e. The summed E-state index contributed by atoms with van der Waals surface area (Å²) in [4.78, 5) is 12.9. The van der Waals surface area contributed by atoms with Gasteiger partial charge in [0.2, 0.25) is 10.0 Å². The second-order valence-electron chi connectivity index (χ2n) is 8.32. The van der Waals surface area contributed by atoms with Crippen LogP contribution in [-0.2, 0) is 10.0 Å². The van der Waals surface area contributed by atoms with E-state index >= 15 is 0 Å². The number of hydrogen-bond acceptors (Lipinski definition) is 4. The highest BCUT2D eigenvalue weighted by Crippen LogP contribution is 2.27. The first-order valence-electron chi connectivity index (χ1n) is 10.9. The molecule has 0 radical (unpaired) electrons. The van der Waals surface area contributed by atoms with Crippen molar-refractivity contribution in [3.05, 3.63) is 53.1 Å². The molecule has 1 aliphatic heterocycles. The molecule has 4 rings (SSSR count). The molecule has 0 aromatic heterocycles. The van der Waals surface area contributed by atoms with Crippen molar-refractivity contribution < 1.29 is 13.2 Å². The maximum absolute atomic E-state index is 12.8. The fourth-order valence-corrected chi connectivity index (χ4v) is 6.01. The Morgan fingerprint density at radius 1 is 0.968 bits per heavy atom. The minimum Gasteiger partial charge on any atom is -0.385 e. The molecule has 166 valence electrons. The van der Waals surface area contributed by atoms with E-state index in [1.807, 2.05) is 24.3 Å². The fourth-order valence-electron chi connectivity index (χ4n) is 4.26. The van der Waals surface area contributed by atoms with Crippen LogP contribution in [0.4, 0.5) is 11.4 Å². The van der Waals surface area contributed by atoms with Crippen molar-refractivity contribution in [2.45, 2.75) is 43.4 Å². The second-order valence-corrected chi connectivity index (χ2v) is 10.7. The number of anilines is 2. The van der Waals surface area contributed by atoms with Crippen LogP contribution in [0.1, 0.15) is 48.9 Å². The van der Waals surface area contributed by atoms with Gasteiger partial charge in [0, 0.05) is 31.0 Å². The van der Waals surface area contributed by atoms with Crippen molar-refractivity contribution in [1.82, 2.24) is 4.31 Å². The number of carbonyl (C=O) groups excluding carboxylic acids is 1. The highest BCUT2D eigenvalue weighted by molar-refractivity contribution is 7.89. The number of rotatable bonds is 7. The minimum absolute atomic E-state index is 0.0930. The van der Waals surface area contributed by atoms with E-state index in [4.69, 9.17) is 11.6 Å². The minimum atomic E-state index is -3.62. The van der Waals surface area contributed by atoms with Gasteiger partial charge in [0.25, 0.3) is 5.91 Å². The fraction of sp³-hybridized carbons (Fsp3) is 0.435. The largest absolute Gasteiger partial charge is 0.385 e. The first-order chi connectivity index (χ1) is 14.9. The van der Waals surface area contributed by atoms with Crippen LogP contribution in [0.2, 0.25) is 5.02 Å². The summed E-state index contributed by atoms with van der Waals surface area (Å²) in [6, 6.07) is 11.8. The Balaban J connectivity index is 1.43. The van der Waals surface area contributed by atoms with Crippen molar-refractivity contribution in [3.63, 3.8) is 0 Å². The van der Waals surface area contributed by atoms with Gasteiger partial charge < -0.3 is 10.6 Å². The van der Waals surface area contributed by atoms with Gasteiger partial charge >= 0.3 is 0 Å². The highest BCUT2D eigenvalue weighted by atomic mass is 35.5. The number of amides is 1. The first-order valence-corrected chi connectivity index (χ1v) is 12.7. The maximum atomic E-state index is 12.8. The van der Waals surface area contributed by atoms with Crippen molar-refractivity contribution in [3.8, 4) is 0 Å². The normalized spacial score (nSPS) is 17.7. The summed E-state index contributed by atoms with van der Waals surface area (Å²) in [5.41, 5.74) is 1.78. The lowest BCUT2D eigenvalue weighted by molar-refractivity contribution is 0.102. The number of carbonyl (C=O) groups is 1. The average Bonchev–Trinajstić information content (AvgIpc) is 3.48. The van der Waals surface area contributed by atoms with E-state index in [2.05, 4.69) is 10.6 Å². The Labute approximate surface area is 189 Å². The van der Waals surface area contributed by atoms with E-state index in [0.29, 0.717) is 18.8 Å². The molecule has 2 aliphatic rings. The highest BCUT2D eigenvalue weighted by Gasteiger charge is 2.28. The molecule has 0 atom stereocenters. The quantitative estimate of drug-likeness (QED) is 0.609. The summed E-state index contributed by atoms with van der Waals surface area (Å²) in [7, 11) is -3.62. The van der Waals surface area contributed by atoms with Gasteiger partial charge in [-0.1, -0.05) is 24.4 Å². The van der Waals surface area contributed by atoms with E-state index < -0.39 is 15.9 Å². The lowest BCUT2D eigenvalue weighted by Crippen LogP contribution is -2.28. The van der Waals surface area contributed by atoms with Gasteiger partial charge in [0.1, 0.15) is 0 Å². The van der Waals surface area contributed by atoms with Crippen LogP contribution in [-0.4, -0.2) is 38.3 Å². The van der Waals surface area contributed by atoms with Gasteiger partial charge in [-0.3, -0.25) is 4.79 Å². The molecular weight excluding hydrogens is 434 g/mol. The van der Waals surface area contributed by atoms with Crippen molar-refractivity contribution >= 4 is 38.9 Å². The third-order valence-corrected chi connectivity index (χ3v) is 8.32. The summed E-state index contributed by atoms with van der Waals surface area (Å²) in [6.07, 6.45) is 6.92. The third-order valence-electron chi connectivity index (χ3n) is 6.10. The van der Waals surface area contributed by atoms with E-state index in [1.54, 1.807) is 0 Å². The molecule has 2 aromatic rings. The number of hydrogen-bond donors (Lipinski definition) is 2. The maximum Gasteiger partial charge on any atom is 0.257 e. The Hall–Kier alpha value is -2.09. The summed E-state index contributed by atoms with van der Waals surface area (Å²) in [6.45, 7) is 1.99. The van der Waals surface area contributed by atoms with E-state index in [1.165, 1.54) is 48.2 Å². The molecule has 1 saturated heterocycles. The molecule has 0 spiro atoms. The molecule has 2 aromatic carbocycles. The summed E-state index contributed by atoms with van der Waals surface area (Å²) < 4.78 is 27.1. The molecule has 1 saturated carbocycles. The van der Waals surface area contributed by atoms with Crippen LogP contribution >= 0.6 is 11.6 Å². The van der Waals surface area contributed by atoms with Gasteiger partial charge in [0.15, 0.2) is 0 Å². The number of halogens is 1. The molecule has 31 heavy (non-hydrogen) atoms. The molecule has 6 nitrogen and oxygen atoms in total. The zero-order valence-corrected chi connectivity index (χ0v) is 19.0. The van der Waals surface area contributed by atoms with Crippen molar-refractivity contribution in [1.29, 1.82) is 0 Å². The number of benzene rings is 2. The van der Waals surface area contributed by atoms with Crippen LogP contribution in [0.25, 0.3) is 0 Å². The van der Waals surface area contributed by atoms with Gasteiger partial charge in [-0.15, -0.1) is 0 Å². The zero-order valence-electron chi connectivity index (χ0n) is 17.4. The van der Waals surface area contributed by atoms with E-state index in [9.17, 15) is 13.2 Å². The van der Waals surface area contributed by atoms with Gasteiger partial charge in [-0.05, 0) is 74.1 Å². The molecule has 1 heterocycles. The van der Waals surface area contributed by atoms with Crippen LogP contribution in [0.5, 0.6) is 0 Å². The predicted octanol–water partition coefficient (Wildman–Crippen LogP) is 4.98. The van der Waals surface area contributed by atoms with Crippen LogP contribution in [0.15, 0.2) is 47.4 Å². The molecule has 1 aliphatic carbocycles. The molecule has 2 fully saturated rings. The predicted molar refractivity (Wildman–Crippen MR) is 124 cm³/mol. The topological polar surface area (TPSA) is 78.5 Å². The summed E-state index contributed by atoms with van der Waals surface area (Å²) in [5.74, 6) is 0.306. The average molecular weight is 462 g/mol. The monoisotopic (exact) mass is 461 g/mol. The lowest BCUT2D eigenvalue weighted by Gasteiger charge is -2.16. The van der Waals surface area contributed by atoms with Crippen LogP contribution < -0.4 is 10.6 Å². The van der Waals surface area contributed by atoms with E-state index in [-0.39, 0.29) is 15.5 Å². The van der Waals surface area contributed by atoms with Gasteiger partial charge in [-0.25, -0.2) is 8.42 Å². The van der Waals surface area contributed by atoms with Crippen molar-refractivity contribution in [2.75, 3.05) is 30.3 Å². The number of nitrogens with zero attached hydrogens (tertiary/aromatic N) is 1. The summed E-state index contributed by atoms with van der Waals surface area (Å²) >= 11 is 6.22. The standard InChI is InChI=1S/C23H28ClN3O3S/c24-22-12-11-20(31(29,30)27-13-3-4-14-27)15-21(22)23(28)26-19-9-7-18(8-10-19)25-16-17-5-1-2-6-17/h7-12,15,17,25H,1-6,13-14,16H2,(H,26,28). The zero-order chi connectivity index (χ0) is 21.8. The molecule has 2 N–H and O–H groups in total. The summed E-state index contributed by atoms with van der Waals surface area (Å²) in [5, 5.41) is 6.48. The van der Waals surface area contributed by atoms with Gasteiger partial charge in [0.05, 0.1) is 15.5 Å². The molecule has 8 heteroatoms. The Bertz CT molecular complexity index is 1030. The lowest BCUT2D eigenvalue weighted by atomic mass is 10.1. The molecular formula is C23H28ClN3O3S. The molecule has 0 unspecified atom stereocenters. The first kappa shape index (κ1) is 22.1. The van der Waals surface area contributed by atoms with E-state index in [0.717, 1.165) is 31.0 Å². The molecule has 0 bridgehead atoms. The Morgan fingerprint density at radius 2 is 1.61 bits per heavy atom. The SMILES string of the molecule is O=C(Nc1ccc(NCC2CCCC2)cc1)c1cc(S(=O)(=O)N2CCCC2)ccc1Cl. The number of sulfonamides is 1. The van der Waals surface area contributed by atoms with Crippen LogP contribution in [0, 0.1) is 5.92 Å². The Morgan fingerprint density at radius 3 is 2.29 bits per heavy atom. The Kier molecular flexibility index (Phi) is 6.84. The number of nitrogens with one attached hydrogen (secondary N) is 2. The second kappa shape index (κ2) is 9.59.